The number of nitrogens with one attached hydrogen (secondary N) is 1. The largest absolute Gasteiger partial charge is 0.374 e. The highest BCUT2D eigenvalue weighted by atomic mass is 16.5. The molecular formula is C10H22N2O. The quantitative estimate of drug-likeness (QED) is 0.699. The van der Waals surface area contributed by atoms with Gasteiger partial charge in [-0.2, -0.15) is 0 Å². The van der Waals surface area contributed by atoms with Crippen LogP contribution in [0.2, 0.25) is 0 Å². The summed E-state index contributed by atoms with van der Waals surface area (Å²) in [5, 5.41) is 3.52. The van der Waals surface area contributed by atoms with E-state index in [2.05, 4.69) is 17.1 Å². The fourth-order valence-electron chi connectivity index (χ4n) is 1.78. The number of rotatable bonds is 4. The molecule has 0 unspecified atom stereocenters. The van der Waals surface area contributed by atoms with E-state index < -0.39 is 0 Å². The first-order valence-corrected chi connectivity index (χ1v) is 5.46. The van der Waals surface area contributed by atoms with Crippen LogP contribution < -0.4 is 5.32 Å². The minimum Gasteiger partial charge on any atom is -0.374 e. The average Bonchev–Trinajstić information content (AvgIpc) is 2.99. The molecule has 3 nitrogen and oxygen atoms in total. The van der Waals surface area contributed by atoms with E-state index in [1.807, 2.05) is 0 Å². The van der Waals surface area contributed by atoms with Crippen molar-refractivity contribution in [1.29, 1.82) is 0 Å². The van der Waals surface area contributed by atoms with Gasteiger partial charge in [0.2, 0.25) is 0 Å². The molecule has 0 radical (unpaired) electrons. The third-order valence-electron chi connectivity index (χ3n) is 2.88. The Kier molecular flexibility index (Phi) is 3.19. The Morgan fingerprint density at radius 3 is 3.08 bits per heavy atom. The Bertz CT molecular complexity index is 164. The molecule has 1 aliphatic carbocycles. The highest BCUT2D eigenvalue weighted by Crippen LogP contribution is 2.18. The highest BCUT2D eigenvalue weighted by Gasteiger charge is 2.24. The van der Waals surface area contributed by atoms with Crippen molar-refractivity contribution in [2.75, 3.05) is 32.8 Å². The predicted molar refractivity (Wildman–Crippen MR) is 55.0 cm³/mol. The Hall–Kier alpha value is -0.120. The van der Waals surface area contributed by atoms with Gasteiger partial charge in [0, 0.05) is 27.1 Å². The summed E-state index contributed by atoms with van der Waals surface area (Å²) in [6.07, 6.45) is 3.16. The molecule has 2 fully saturated rings. The smallest absolute Gasteiger partial charge is 0.0826 e. The SMILES string of the molecule is CCN1CCO[C@H](CNC2CC2)C1.[HH]. The summed E-state index contributed by atoms with van der Waals surface area (Å²) < 4.78 is 5.68. The summed E-state index contributed by atoms with van der Waals surface area (Å²) in [7, 11) is 0. The zero-order chi connectivity index (χ0) is 9.10. The van der Waals surface area contributed by atoms with Gasteiger partial charge in [0.05, 0.1) is 12.7 Å². The number of hydrogen-bond donors (Lipinski definition) is 1. The molecule has 2 aliphatic rings. The Morgan fingerprint density at radius 2 is 2.38 bits per heavy atom. The van der Waals surface area contributed by atoms with E-state index in [4.69, 9.17) is 4.74 Å². The lowest BCUT2D eigenvalue weighted by molar-refractivity contribution is -0.0253. The van der Waals surface area contributed by atoms with Crippen molar-refractivity contribution in [2.45, 2.75) is 31.9 Å². The number of ether oxygens (including phenoxy) is 1. The van der Waals surface area contributed by atoms with E-state index >= 15 is 0 Å². The van der Waals surface area contributed by atoms with Crippen molar-refractivity contribution in [1.82, 2.24) is 10.2 Å². The van der Waals surface area contributed by atoms with Gasteiger partial charge < -0.3 is 10.1 Å². The summed E-state index contributed by atoms with van der Waals surface area (Å²) >= 11 is 0. The number of nitrogens with zero attached hydrogens (tertiary/aromatic N) is 1. The second-order valence-corrected chi connectivity index (χ2v) is 4.07. The topological polar surface area (TPSA) is 24.5 Å². The van der Waals surface area contributed by atoms with Gasteiger partial charge in [-0.25, -0.2) is 0 Å². The van der Waals surface area contributed by atoms with E-state index in [1.165, 1.54) is 12.8 Å². The molecule has 1 aliphatic heterocycles. The summed E-state index contributed by atoms with van der Waals surface area (Å²) in [6.45, 7) is 7.54. The van der Waals surface area contributed by atoms with Crippen LogP contribution in [0.15, 0.2) is 0 Å². The molecule has 0 aromatic rings. The minimum absolute atomic E-state index is 0. The van der Waals surface area contributed by atoms with Crippen molar-refractivity contribution >= 4 is 0 Å². The third kappa shape index (κ3) is 2.93. The van der Waals surface area contributed by atoms with Crippen LogP contribution in [0.1, 0.15) is 21.2 Å². The molecule has 0 aromatic carbocycles. The van der Waals surface area contributed by atoms with E-state index in [-0.39, 0.29) is 1.43 Å². The first-order valence-electron chi connectivity index (χ1n) is 5.46. The molecule has 0 bridgehead atoms. The molecule has 1 atom stereocenters. The Labute approximate surface area is 81.9 Å². The van der Waals surface area contributed by atoms with Crippen molar-refractivity contribution in [3.63, 3.8) is 0 Å². The van der Waals surface area contributed by atoms with Crippen LogP contribution in [0.5, 0.6) is 0 Å². The van der Waals surface area contributed by atoms with Gasteiger partial charge in [0.25, 0.3) is 0 Å². The molecule has 0 aromatic heterocycles. The monoisotopic (exact) mass is 186 g/mol. The Morgan fingerprint density at radius 1 is 1.54 bits per heavy atom. The van der Waals surface area contributed by atoms with Crippen LogP contribution in [-0.4, -0.2) is 49.8 Å². The maximum absolute atomic E-state index is 5.68. The second kappa shape index (κ2) is 4.40. The van der Waals surface area contributed by atoms with Gasteiger partial charge >= 0.3 is 0 Å². The summed E-state index contributed by atoms with van der Waals surface area (Å²) in [5.74, 6) is 0. The fraction of sp³-hybridized carbons (Fsp3) is 1.00. The molecule has 1 saturated carbocycles. The number of hydrogen-bond acceptors (Lipinski definition) is 3. The lowest BCUT2D eigenvalue weighted by atomic mass is 10.2. The van der Waals surface area contributed by atoms with Crippen LogP contribution in [0.3, 0.4) is 0 Å². The molecule has 1 heterocycles. The fourth-order valence-corrected chi connectivity index (χ4v) is 1.78. The van der Waals surface area contributed by atoms with E-state index in [1.54, 1.807) is 0 Å². The Balaban J connectivity index is 0.000000980. The lowest BCUT2D eigenvalue weighted by Crippen LogP contribution is -2.46. The van der Waals surface area contributed by atoms with E-state index in [9.17, 15) is 0 Å². The minimum atomic E-state index is 0. The number of morpholine rings is 1. The van der Waals surface area contributed by atoms with E-state index in [0.29, 0.717) is 6.10 Å². The molecule has 3 heteroatoms. The zero-order valence-corrected chi connectivity index (χ0v) is 8.46. The van der Waals surface area contributed by atoms with Gasteiger partial charge in [-0.05, 0) is 19.4 Å². The normalized spacial score (nSPS) is 30.7. The van der Waals surface area contributed by atoms with Crippen LogP contribution >= 0.6 is 0 Å². The molecule has 0 amide bonds. The van der Waals surface area contributed by atoms with Crippen molar-refractivity contribution < 1.29 is 6.16 Å². The molecule has 1 N–H and O–H groups in total. The molecule has 78 valence electrons. The second-order valence-electron chi connectivity index (χ2n) is 4.07. The van der Waals surface area contributed by atoms with Gasteiger partial charge in [-0.1, -0.05) is 6.92 Å². The van der Waals surface area contributed by atoms with Crippen molar-refractivity contribution in [3.8, 4) is 0 Å². The lowest BCUT2D eigenvalue weighted by Gasteiger charge is -2.32. The van der Waals surface area contributed by atoms with Crippen LogP contribution in [-0.2, 0) is 4.74 Å². The van der Waals surface area contributed by atoms with Gasteiger partial charge in [-0.15, -0.1) is 0 Å². The van der Waals surface area contributed by atoms with Gasteiger partial charge in [0.1, 0.15) is 0 Å². The maximum atomic E-state index is 5.68. The summed E-state index contributed by atoms with van der Waals surface area (Å²) in [6, 6.07) is 0.806. The molecule has 0 spiro atoms. The first-order chi connectivity index (χ1) is 6.38. The van der Waals surface area contributed by atoms with E-state index in [0.717, 1.165) is 38.8 Å². The number of likely N-dealkylation sites (N-methyl/N-ethyl adjacent to an activating group) is 1. The van der Waals surface area contributed by atoms with Gasteiger partial charge in [-0.3, -0.25) is 4.90 Å². The van der Waals surface area contributed by atoms with Crippen LogP contribution in [0.25, 0.3) is 0 Å². The standard InChI is InChI=1S/C10H20N2O.H2/c1-2-12-5-6-13-10(8-12)7-11-9-3-4-9;/h9-11H,2-8H2,1H3;1H/t10-;/m1./s1. The zero-order valence-electron chi connectivity index (χ0n) is 8.46. The van der Waals surface area contributed by atoms with Crippen LogP contribution in [0, 0.1) is 0 Å². The summed E-state index contributed by atoms with van der Waals surface area (Å²) in [5.41, 5.74) is 0. The highest BCUT2D eigenvalue weighted by molar-refractivity contribution is 4.83. The molecule has 2 rings (SSSR count). The van der Waals surface area contributed by atoms with Crippen LogP contribution in [0.4, 0.5) is 0 Å². The average molecular weight is 186 g/mol. The first kappa shape index (κ1) is 9.44. The van der Waals surface area contributed by atoms with Gasteiger partial charge in [0.15, 0.2) is 0 Å². The third-order valence-corrected chi connectivity index (χ3v) is 2.88. The summed E-state index contributed by atoms with van der Waals surface area (Å²) in [4.78, 5) is 2.46. The predicted octanol–water partition coefficient (Wildman–Crippen LogP) is 0.705. The van der Waals surface area contributed by atoms with Crippen molar-refractivity contribution in [3.05, 3.63) is 0 Å². The van der Waals surface area contributed by atoms with Crippen molar-refractivity contribution in [2.24, 2.45) is 0 Å². The molecule has 1 saturated heterocycles. The maximum Gasteiger partial charge on any atom is 0.0826 e. The molecular weight excluding hydrogens is 164 g/mol. The molecule has 13 heavy (non-hydrogen) atoms.